The first-order chi connectivity index (χ1) is 16.6. The van der Waals surface area contributed by atoms with E-state index >= 15 is 0 Å². The predicted octanol–water partition coefficient (Wildman–Crippen LogP) is 7.37. The van der Waals surface area contributed by atoms with Gasteiger partial charge in [0.1, 0.15) is 17.5 Å². The SMILES string of the molecule is CCc1ccc(-c2ccc(-c3cnc(-c4cc(F)c(C#CC(F)(F)F)c(F)c4)nc3)c(F)c2)cc1. The first kappa shape index (κ1) is 24.0. The largest absolute Gasteiger partial charge is 0.458 e. The molecule has 0 spiro atoms. The van der Waals surface area contributed by atoms with Crippen LogP contribution in [0.3, 0.4) is 0 Å². The summed E-state index contributed by atoms with van der Waals surface area (Å²) in [5.41, 5.74) is 2.21. The van der Waals surface area contributed by atoms with Gasteiger partial charge in [0, 0.05) is 35.0 Å². The second-order valence-electron chi connectivity index (χ2n) is 7.60. The van der Waals surface area contributed by atoms with Crippen molar-refractivity contribution >= 4 is 0 Å². The molecule has 0 amide bonds. The van der Waals surface area contributed by atoms with E-state index in [2.05, 4.69) is 9.97 Å². The predicted molar refractivity (Wildman–Crippen MR) is 121 cm³/mol. The number of rotatable bonds is 4. The zero-order valence-corrected chi connectivity index (χ0v) is 18.2. The average molecular weight is 482 g/mol. The van der Waals surface area contributed by atoms with E-state index in [0.29, 0.717) is 11.1 Å². The maximum Gasteiger partial charge on any atom is 0.458 e. The monoisotopic (exact) mass is 482 g/mol. The van der Waals surface area contributed by atoms with Crippen molar-refractivity contribution in [2.75, 3.05) is 0 Å². The van der Waals surface area contributed by atoms with Crippen molar-refractivity contribution in [1.29, 1.82) is 0 Å². The van der Waals surface area contributed by atoms with Gasteiger partial charge < -0.3 is 0 Å². The Kier molecular flexibility index (Phi) is 6.61. The normalized spacial score (nSPS) is 11.2. The minimum Gasteiger partial charge on any atom is -0.236 e. The van der Waals surface area contributed by atoms with Crippen LogP contribution in [0.15, 0.2) is 67.0 Å². The van der Waals surface area contributed by atoms with E-state index < -0.39 is 29.2 Å². The van der Waals surface area contributed by atoms with Gasteiger partial charge in [0.25, 0.3) is 0 Å². The Labute approximate surface area is 197 Å². The Bertz CT molecular complexity index is 1410. The lowest BCUT2D eigenvalue weighted by molar-refractivity contribution is -0.0696. The average Bonchev–Trinajstić information content (AvgIpc) is 2.83. The Balaban J connectivity index is 1.60. The quantitative estimate of drug-likeness (QED) is 0.224. The van der Waals surface area contributed by atoms with Gasteiger partial charge in [-0.2, -0.15) is 13.2 Å². The summed E-state index contributed by atoms with van der Waals surface area (Å²) in [5, 5.41) is 0. The van der Waals surface area contributed by atoms with E-state index in [4.69, 9.17) is 0 Å². The molecule has 0 N–H and O–H groups in total. The standard InChI is InChI=1S/C27H16F6N2/c1-2-16-3-5-17(6-4-16)18-7-8-21(23(28)11-18)20-14-34-26(35-15-20)19-12-24(29)22(25(30)13-19)9-10-27(31,32)33/h3-8,11-15H,2H2,1H3. The van der Waals surface area contributed by atoms with Crippen LogP contribution >= 0.6 is 0 Å². The summed E-state index contributed by atoms with van der Waals surface area (Å²) < 4.78 is 79.9. The lowest BCUT2D eigenvalue weighted by Gasteiger charge is -2.08. The number of halogens is 6. The summed E-state index contributed by atoms with van der Waals surface area (Å²) in [6, 6.07) is 14.1. The number of aromatic nitrogens is 2. The zero-order chi connectivity index (χ0) is 25.2. The smallest absolute Gasteiger partial charge is 0.236 e. The van der Waals surface area contributed by atoms with Crippen LogP contribution in [0.4, 0.5) is 26.3 Å². The Morgan fingerprint density at radius 3 is 1.83 bits per heavy atom. The lowest BCUT2D eigenvalue weighted by atomic mass is 9.99. The molecule has 0 fully saturated rings. The van der Waals surface area contributed by atoms with Crippen molar-refractivity contribution < 1.29 is 26.3 Å². The van der Waals surface area contributed by atoms with E-state index in [1.807, 2.05) is 31.2 Å². The number of hydrogen-bond donors (Lipinski definition) is 0. The van der Waals surface area contributed by atoms with Gasteiger partial charge >= 0.3 is 6.18 Å². The van der Waals surface area contributed by atoms with Crippen LogP contribution in [0.2, 0.25) is 0 Å². The number of nitrogens with zero attached hydrogens (tertiary/aromatic N) is 2. The second kappa shape index (κ2) is 9.63. The molecule has 0 bridgehead atoms. The summed E-state index contributed by atoms with van der Waals surface area (Å²) in [6.07, 6.45) is -1.39. The van der Waals surface area contributed by atoms with E-state index in [1.165, 1.54) is 29.9 Å². The molecule has 2 nitrogen and oxygen atoms in total. The molecule has 1 aromatic heterocycles. The second-order valence-corrected chi connectivity index (χ2v) is 7.60. The Morgan fingerprint density at radius 1 is 0.714 bits per heavy atom. The highest BCUT2D eigenvalue weighted by Gasteiger charge is 2.23. The van der Waals surface area contributed by atoms with E-state index in [9.17, 15) is 26.3 Å². The van der Waals surface area contributed by atoms with E-state index in [0.717, 1.165) is 30.0 Å². The highest BCUT2D eigenvalue weighted by atomic mass is 19.4. The molecular formula is C27H16F6N2. The Morgan fingerprint density at radius 2 is 1.29 bits per heavy atom. The van der Waals surface area contributed by atoms with Gasteiger partial charge in [-0.25, -0.2) is 23.1 Å². The van der Waals surface area contributed by atoms with Crippen molar-refractivity contribution in [1.82, 2.24) is 9.97 Å². The van der Waals surface area contributed by atoms with Crippen LogP contribution in [-0.2, 0) is 6.42 Å². The van der Waals surface area contributed by atoms with Crippen molar-refractivity contribution in [3.05, 3.63) is 95.6 Å². The molecule has 0 saturated carbocycles. The third-order valence-corrected chi connectivity index (χ3v) is 5.26. The minimum absolute atomic E-state index is 0.0880. The third kappa shape index (κ3) is 5.52. The van der Waals surface area contributed by atoms with Crippen LogP contribution in [0.1, 0.15) is 18.1 Å². The van der Waals surface area contributed by atoms with Crippen molar-refractivity contribution in [3.63, 3.8) is 0 Å². The molecule has 4 aromatic rings. The van der Waals surface area contributed by atoms with Crippen LogP contribution < -0.4 is 0 Å². The molecule has 0 aliphatic carbocycles. The van der Waals surface area contributed by atoms with Crippen LogP contribution in [0.25, 0.3) is 33.6 Å². The lowest BCUT2D eigenvalue weighted by Crippen LogP contribution is -2.02. The highest BCUT2D eigenvalue weighted by molar-refractivity contribution is 5.71. The van der Waals surface area contributed by atoms with Gasteiger partial charge in [-0.05, 0) is 41.3 Å². The van der Waals surface area contributed by atoms with E-state index in [1.54, 1.807) is 12.1 Å². The van der Waals surface area contributed by atoms with Gasteiger partial charge in [-0.3, -0.25) is 0 Å². The molecule has 35 heavy (non-hydrogen) atoms. The fraction of sp³-hybridized carbons (Fsp3) is 0.111. The van der Waals surface area contributed by atoms with Gasteiger partial charge in [0.2, 0.25) is 0 Å². The Hall–Kier alpha value is -4.12. The van der Waals surface area contributed by atoms with Crippen LogP contribution in [0, 0.1) is 29.3 Å². The number of hydrogen-bond acceptors (Lipinski definition) is 2. The third-order valence-electron chi connectivity index (χ3n) is 5.26. The van der Waals surface area contributed by atoms with Gasteiger partial charge in [0.05, 0.1) is 5.56 Å². The van der Waals surface area contributed by atoms with Gasteiger partial charge in [-0.15, -0.1) is 0 Å². The van der Waals surface area contributed by atoms with Crippen molar-refractivity contribution in [2.24, 2.45) is 0 Å². The fourth-order valence-corrected chi connectivity index (χ4v) is 3.43. The molecule has 0 radical (unpaired) electrons. The van der Waals surface area contributed by atoms with Crippen LogP contribution in [-0.4, -0.2) is 16.1 Å². The van der Waals surface area contributed by atoms with Gasteiger partial charge in [0.15, 0.2) is 5.82 Å². The molecule has 0 aliphatic heterocycles. The number of aryl methyl sites for hydroxylation is 1. The summed E-state index contributed by atoms with van der Waals surface area (Å²) in [4.78, 5) is 8.07. The summed E-state index contributed by atoms with van der Waals surface area (Å²) in [7, 11) is 0. The summed E-state index contributed by atoms with van der Waals surface area (Å²) in [6.45, 7) is 2.05. The highest BCUT2D eigenvalue weighted by Crippen LogP contribution is 2.29. The molecule has 3 aromatic carbocycles. The fourth-order valence-electron chi connectivity index (χ4n) is 3.43. The molecule has 4 rings (SSSR count). The molecule has 0 saturated heterocycles. The summed E-state index contributed by atoms with van der Waals surface area (Å²) in [5.74, 6) is -0.861. The first-order valence-corrected chi connectivity index (χ1v) is 10.4. The van der Waals surface area contributed by atoms with Crippen LogP contribution in [0.5, 0.6) is 0 Å². The molecule has 8 heteroatoms. The number of alkyl halides is 3. The van der Waals surface area contributed by atoms with Gasteiger partial charge in [-0.1, -0.05) is 49.2 Å². The zero-order valence-electron chi connectivity index (χ0n) is 18.2. The minimum atomic E-state index is -4.89. The molecular weight excluding hydrogens is 466 g/mol. The number of benzene rings is 3. The molecule has 0 unspecified atom stereocenters. The topological polar surface area (TPSA) is 25.8 Å². The molecule has 0 atom stereocenters. The molecule has 176 valence electrons. The molecule has 0 aliphatic rings. The maximum atomic E-state index is 14.8. The van der Waals surface area contributed by atoms with Crippen molar-refractivity contribution in [3.8, 4) is 45.5 Å². The van der Waals surface area contributed by atoms with E-state index in [-0.39, 0.29) is 17.0 Å². The first-order valence-electron chi connectivity index (χ1n) is 10.4. The maximum absolute atomic E-state index is 14.8. The summed E-state index contributed by atoms with van der Waals surface area (Å²) >= 11 is 0. The van der Waals surface area contributed by atoms with Crippen molar-refractivity contribution in [2.45, 2.75) is 19.5 Å². The molecule has 1 heterocycles.